The van der Waals surface area contributed by atoms with Crippen LogP contribution in [0, 0.1) is 5.82 Å². The molecule has 1 aliphatic rings. The number of ketones is 1. The van der Waals surface area contributed by atoms with Crippen LogP contribution in [0.4, 0.5) is 9.52 Å². The lowest BCUT2D eigenvalue weighted by Crippen LogP contribution is -2.30. The summed E-state index contributed by atoms with van der Waals surface area (Å²) in [6, 6.07) is 22.0. The largest absolute Gasteiger partial charge is 0.503 e. The summed E-state index contributed by atoms with van der Waals surface area (Å²) in [5, 5.41) is 19.7. The van der Waals surface area contributed by atoms with E-state index in [0.29, 0.717) is 33.6 Å². The Balaban J connectivity index is 1.41. The number of aromatic nitrogens is 2. The lowest BCUT2D eigenvalue weighted by atomic mass is 9.95. The van der Waals surface area contributed by atoms with Crippen LogP contribution in [0.1, 0.15) is 55.3 Å². The number of unbranched alkanes of at least 4 members (excludes halogenated alkanes) is 3. The summed E-state index contributed by atoms with van der Waals surface area (Å²) in [6.07, 6.45) is 7.36. The molecule has 1 atom stereocenters. The maximum Gasteiger partial charge on any atom is 0.296 e. The number of hydrogen-bond donors (Lipinski definition) is 1. The number of amides is 1. The third kappa shape index (κ3) is 7.43. The van der Waals surface area contributed by atoms with E-state index in [0.717, 1.165) is 42.6 Å². The van der Waals surface area contributed by atoms with Crippen molar-refractivity contribution in [2.24, 2.45) is 0 Å². The lowest BCUT2D eigenvalue weighted by molar-refractivity contribution is -0.117. The number of ether oxygens (including phenoxy) is 1. The van der Waals surface area contributed by atoms with Gasteiger partial charge in [0, 0.05) is 5.75 Å². The van der Waals surface area contributed by atoms with Gasteiger partial charge >= 0.3 is 0 Å². The highest BCUT2D eigenvalue weighted by Gasteiger charge is 2.45. The van der Waals surface area contributed by atoms with Gasteiger partial charge in [-0.2, -0.15) is 0 Å². The van der Waals surface area contributed by atoms with Gasteiger partial charge in [0.05, 0.1) is 18.2 Å². The zero-order chi connectivity index (χ0) is 30.9. The van der Waals surface area contributed by atoms with Crippen LogP contribution in [-0.2, 0) is 15.3 Å². The third-order valence-corrected chi connectivity index (χ3v) is 9.18. The molecule has 0 saturated carbocycles. The van der Waals surface area contributed by atoms with Gasteiger partial charge in [-0.05, 0) is 47.4 Å². The van der Waals surface area contributed by atoms with Crippen molar-refractivity contribution in [3.05, 3.63) is 119 Å². The number of anilines is 1. The Morgan fingerprint density at radius 2 is 1.77 bits per heavy atom. The minimum Gasteiger partial charge on any atom is -0.503 e. The molecule has 0 saturated heterocycles. The summed E-state index contributed by atoms with van der Waals surface area (Å²) in [5.41, 5.74) is 1.88. The second kappa shape index (κ2) is 14.9. The molecule has 7 nitrogen and oxygen atoms in total. The Bertz CT molecular complexity index is 1650. The number of thioether (sulfide) groups is 1. The molecule has 0 fully saturated rings. The fourth-order valence-electron chi connectivity index (χ4n) is 4.77. The fourth-order valence-corrected chi connectivity index (χ4v) is 6.63. The van der Waals surface area contributed by atoms with Crippen molar-refractivity contribution < 1.29 is 23.8 Å². The van der Waals surface area contributed by atoms with E-state index in [9.17, 15) is 19.1 Å². The smallest absolute Gasteiger partial charge is 0.296 e. The Kier molecular flexibility index (Phi) is 10.6. The summed E-state index contributed by atoms with van der Waals surface area (Å²) in [7, 11) is 0. The van der Waals surface area contributed by atoms with Crippen molar-refractivity contribution in [2.45, 2.75) is 48.7 Å². The van der Waals surface area contributed by atoms with Crippen LogP contribution in [0.3, 0.4) is 0 Å². The van der Waals surface area contributed by atoms with Gasteiger partial charge in [0.15, 0.2) is 15.9 Å². The second-order valence-electron chi connectivity index (χ2n) is 10.2. The van der Waals surface area contributed by atoms with E-state index in [2.05, 4.69) is 17.1 Å². The Hall–Kier alpha value is -4.28. The summed E-state index contributed by atoms with van der Waals surface area (Å²) in [4.78, 5) is 28.3. The second-order valence-corrected chi connectivity index (χ2v) is 12.3. The number of halogens is 1. The molecule has 3 aromatic carbocycles. The molecule has 226 valence electrons. The first kappa shape index (κ1) is 31.2. The normalized spacial score (nSPS) is 15.0. The number of allylic oxidation sites excluding steroid dienone is 1. The van der Waals surface area contributed by atoms with Crippen LogP contribution in [-0.4, -0.2) is 33.6 Å². The van der Waals surface area contributed by atoms with Crippen LogP contribution in [0.15, 0.2) is 101 Å². The molecule has 0 aliphatic carbocycles. The molecule has 0 bridgehead atoms. The Morgan fingerprint density at radius 1 is 1.02 bits per heavy atom. The molecule has 0 radical (unpaired) electrons. The standard InChI is InChI=1S/C34H32FN3O4S2/c1-2-3-4-10-21-42-26-18-16-24(17-19-26)30-29(28(39)20-15-23-11-6-5-7-12-23)31(40)32(41)38(30)33-36-37-34(44-33)43-22-25-13-8-9-14-27(25)35/h5-9,11-20,30,40H,2-4,10,21-22H2,1H3/b20-15+. The molecule has 1 aliphatic heterocycles. The van der Waals surface area contributed by atoms with Crippen molar-refractivity contribution >= 4 is 46.0 Å². The number of nitrogens with zero attached hydrogens (tertiary/aromatic N) is 3. The predicted octanol–water partition coefficient (Wildman–Crippen LogP) is 8.11. The maximum atomic E-state index is 14.1. The van der Waals surface area contributed by atoms with Gasteiger partial charge < -0.3 is 9.84 Å². The van der Waals surface area contributed by atoms with E-state index in [1.54, 1.807) is 48.5 Å². The van der Waals surface area contributed by atoms with E-state index in [1.165, 1.54) is 28.8 Å². The van der Waals surface area contributed by atoms with Gasteiger partial charge in [-0.15, -0.1) is 10.2 Å². The number of carbonyl (C=O) groups excluding carboxylic acids is 2. The summed E-state index contributed by atoms with van der Waals surface area (Å²) < 4.78 is 20.5. The summed E-state index contributed by atoms with van der Waals surface area (Å²) >= 11 is 2.43. The van der Waals surface area contributed by atoms with Crippen molar-refractivity contribution in [1.29, 1.82) is 0 Å². The Labute approximate surface area is 264 Å². The van der Waals surface area contributed by atoms with E-state index < -0.39 is 23.5 Å². The molecule has 4 aromatic rings. The molecule has 1 aromatic heterocycles. The fraction of sp³-hybridized carbons (Fsp3) is 0.235. The van der Waals surface area contributed by atoms with E-state index >= 15 is 0 Å². The van der Waals surface area contributed by atoms with Crippen LogP contribution in [0.2, 0.25) is 0 Å². The van der Waals surface area contributed by atoms with Crippen molar-refractivity contribution in [2.75, 3.05) is 11.5 Å². The van der Waals surface area contributed by atoms with Gasteiger partial charge in [0.2, 0.25) is 5.13 Å². The van der Waals surface area contributed by atoms with Crippen LogP contribution in [0.5, 0.6) is 5.75 Å². The third-order valence-electron chi connectivity index (χ3n) is 7.07. The molecular weight excluding hydrogens is 598 g/mol. The average Bonchev–Trinajstić information content (AvgIpc) is 3.62. The van der Waals surface area contributed by atoms with Crippen LogP contribution >= 0.6 is 23.1 Å². The van der Waals surface area contributed by atoms with Crippen LogP contribution in [0.25, 0.3) is 6.08 Å². The molecule has 2 heterocycles. The minimum atomic E-state index is -0.939. The van der Waals surface area contributed by atoms with E-state index in [1.807, 2.05) is 30.3 Å². The van der Waals surface area contributed by atoms with E-state index in [-0.39, 0.29) is 16.5 Å². The summed E-state index contributed by atoms with van der Waals surface area (Å²) in [6.45, 7) is 2.76. The van der Waals surface area contributed by atoms with Crippen molar-refractivity contribution in [3.63, 3.8) is 0 Å². The maximum absolute atomic E-state index is 14.1. The topological polar surface area (TPSA) is 92.6 Å². The predicted molar refractivity (Wildman–Crippen MR) is 172 cm³/mol. The van der Waals surface area contributed by atoms with Crippen molar-refractivity contribution in [1.82, 2.24) is 10.2 Å². The van der Waals surface area contributed by atoms with Crippen LogP contribution < -0.4 is 9.64 Å². The highest BCUT2D eigenvalue weighted by molar-refractivity contribution is 8.00. The molecule has 1 N–H and O–H groups in total. The summed E-state index contributed by atoms with van der Waals surface area (Å²) in [5.74, 6) is -1.19. The first-order valence-electron chi connectivity index (χ1n) is 14.4. The van der Waals surface area contributed by atoms with Gasteiger partial charge in [0.1, 0.15) is 11.6 Å². The first-order valence-corrected chi connectivity index (χ1v) is 16.2. The molecule has 44 heavy (non-hydrogen) atoms. The molecule has 10 heteroatoms. The van der Waals surface area contributed by atoms with Crippen molar-refractivity contribution in [3.8, 4) is 5.75 Å². The molecule has 1 amide bonds. The van der Waals surface area contributed by atoms with Gasteiger partial charge in [-0.3, -0.25) is 14.5 Å². The highest BCUT2D eigenvalue weighted by Crippen LogP contribution is 2.43. The SMILES string of the molecule is CCCCCCOc1ccc(C2C(C(=O)/C=C/c3ccccc3)=C(O)C(=O)N2c2nnc(SCc3ccccc3F)s2)cc1. The molecular formula is C34H32FN3O4S2. The number of hydrogen-bond acceptors (Lipinski definition) is 8. The molecule has 1 unspecified atom stereocenters. The average molecular weight is 630 g/mol. The molecule has 5 rings (SSSR count). The van der Waals surface area contributed by atoms with E-state index in [4.69, 9.17) is 4.74 Å². The Morgan fingerprint density at radius 3 is 2.52 bits per heavy atom. The minimum absolute atomic E-state index is 0.0498. The quantitative estimate of drug-likeness (QED) is 0.0652. The monoisotopic (exact) mass is 629 g/mol. The number of benzene rings is 3. The number of aliphatic hydroxyl groups excluding tert-OH is 1. The zero-order valence-electron chi connectivity index (χ0n) is 24.2. The number of aliphatic hydroxyl groups is 1. The zero-order valence-corrected chi connectivity index (χ0v) is 25.8. The highest BCUT2D eigenvalue weighted by atomic mass is 32.2. The molecule has 0 spiro atoms. The first-order chi connectivity index (χ1) is 21.5. The lowest BCUT2D eigenvalue weighted by Gasteiger charge is -2.24. The van der Waals surface area contributed by atoms with Gasteiger partial charge in [-0.1, -0.05) is 116 Å². The number of rotatable bonds is 14. The van der Waals surface area contributed by atoms with Gasteiger partial charge in [0.25, 0.3) is 5.91 Å². The van der Waals surface area contributed by atoms with Gasteiger partial charge in [-0.25, -0.2) is 4.39 Å². The number of carbonyl (C=O) groups is 2.